The molecule has 70 valence electrons. The first-order valence-corrected chi connectivity index (χ1v) is 5.46. The van der Waals surface area contributed by atoms with E-state index in [0.29, 0.717) is 0 Å². The van der Waals surface area contributed by atoms with Gasteiger partial charge >= 0.3 is 0 Å². The van der Waals surface area contributed by atoms with Crippen LogP contribution in [0.4, 0.5) is 0 Å². The maximum absolute atomic E-state index is 2.45. The van der Waals surface area contributed by atoms with Crippen LogP contribution in [-0.2, 0) is 0 Å². The molecule has 0 saturated heterocycles. The minimum Gasteiger partial charge on any atom is -0.0854 e. The summed E-state index contributed by atoms with van der Waals surface area (Å²) in [5.74, 6) is 2.77. The molecule has 0 heteroatoms. The molecule has 1 aliphatic rings. The Bertz CT molecular complexity index is 146. The maximum Gasteiger partial charge on any atom is -0.0202 e. The van der Waals surface area contributed by atoms with Gasteiger partial charge in [0, 0.05) is 0 Å². The van der Waals surface area contributed by atoms with E-state index in [1.165, 1.54) is 25.7 Å². The smallest absolute Gasteiger partial charge is 0.0202 e. The van der Waals surface area contributed by atoms with Gasteiger partial charge in [0.15, 0.2) is 0 Å². The van der Waals surface area contributed by atoms with Gasteiger partial charge in [-0.1, -0.05) is 52.2 Å². The highest BCUT2D eigenvalue weighted by atomic mass is 14.4. The van der Waals surface area contributed by atoms with Crippen LogP contribution in [0.2, 0.25) is 0 Å². The van der Waals surface area contributed by atoms with Crippen molar-refractivity contribution in [2.75, 3.05) is 0 Å². The van der Waals surface area contributed by atoms with E-state index in [1.54, 1.807) is 0 Å². The molecule has 0 bridgehead atoms. The summed E-state index contributed by atoms with van der Waals surface area (Å²) in [5, 5.41) is 0. The molecule has 1 saturated carbocycles. The predicted molar refractivity (Wildman–Crippen MR) is 55.1 cm³/mol. The molecular weight excluding hydrogens is 144 g/mol. The topological polar surface area (TPSA) is 0 Å². The Labute approximate surface area is 77.1 Å². The van der Waals surface area contributed by atoms with Gasteiger partial charge in [-0.15, -0.1) is 0 Å². The van der Waals surface area contributed by atoms with Crippen LogP contribution in [-0.4, -0.2) is 0 Å². The zero-order valence-electron chi connectivity index (χ0n) is 8.72. The van der Waals surface area contributed by atoms with Crippen LogP contribution < -0.4 is 0 Å². The van der Waals surface area contributed by atoms with Gasteiger partial charge in [-0.05, 0) is 24.2 Å². The van der Waals surface area contributed by atoms with E-state index in [1.807, 2.05) is 0 Å². The molecule has 0 aromatic rings. The molecule has 3 unspecified atom stereocenters. The predicted octanol–water partition coefficient (Wildman–Crippen LogP) is 4.02. The Morgan fingerprint density at radius 2 is 2.17 bits per heavy atom. The van der Waals surface area contributed by atoms with Crippen molar-refractivity contribution in [3.63, 3.8) is 0 Å². The van der Waals surface area contributed by atoms with E-state index < -0.39 is 0 Å². The van der Waals surface area contributed by atoms with Crippen LogP contribution in [0.25, 0.3) is 0 Å². The van der Waals surface area contributed by atoms with Gasteiger partial charge in [-0.3, -0.25) is 0 Å². The molecule has 0 aliphatic heterocycles. The Balaban J connectivity index is 2.13. The monoisotopic (exact) mass is 166 g/mol. The van der Waals surface area contributed by atoms with Crippen molar-refractivity contribution in [3.8, 4) is 0 Å². The van der Waals surface area contributed by atoms with Gasteiger partial charge in [-0.25, -0.2) is 0 Å². The zero-order chi connectivity index (χ0) is 8.97. The fraction of sp³-hybridized carbons (Fsp3) is 0.833. The van der Waals surface area contributed by atoms with Crippen LogP contribution >= 0.6 is 0 Å². The minimum absolute atomic E-state index is 0.785. The SMILES string of the molecule is CCCC1CC1C=CC(C)CC. The van der Waals surface area contributed by atoms with Crippen molar-refractivity contribution in [1.82, 2.24) is 0 Å². The van der Waals surface area contributed by atoms with Crippen molar-refractivity contribution in [1.29, 1.82) is 0 Å². The summed E-state index contributed by atoms with van der Waals surface area (Å²) in [5.41, 5.74) is 0. The van der Waals surface area contributed by atoms with E-state index >= 15 is 0 Å². The standard InChI is InChI=1S/C12H22/c1-4-6-11-9-12(11)8-7-10(3)5-2/h7-8,10-12H,4-6,9H2,1-3H3. The van der Waals surface area contributed by atoms with Crippen LogP contribution in [0.5, 0.6) is 0 Å². The molecule has 1 aliphatic carbocycles. The molecule has 0 aromatic heterocycles. The fourth-order valence-electron chi connectivity index (χ4n) is 1.68. The minimum atomic E-state index is 0.785. The summed E-state index contributed by atoms with van der Waals surface area (Å²) >= 11 is 0. The molecule has 1 fully saturated rings. The molecule has 3 atom stereocenters. The molecule has 0 aromatic carbocycles. The lowest BCUT2D eigenvalue weighted by Gasteiger charge is -1.98. The van der Waals surface area contributed by atoms with Gasteiger partial charge in [0.25, 0.3) is 0 Å². The second kappa shape index (κ2) is 4.69. The van der Waals surface area contributed by atoms with E-state index in [-0.39, 0.29) is 0 Å². The van der Waals surface area contributed by atoms with Crippen molar-refractivity contribution in [2.24, 2.45) is 17.8 Å². The Hall–Kier alpha value is -0.260. The van der Waals surface area contributed by atoms with Gasteiger partial charge < -0.3 is 0 Å². The number of rotatable bonds is 5. The third kappa shape index (κ3) is 3.00. The van der Waals surface area contributed by atoms with Gasteiger partial charge in [0.05, 0.1) is 0 Å². The summed E-state index contributed by atoms with van der Waals surface area (Å²) < 4.78 is 0. The average Bonchev–Trinajstić information content (AvgIpc) is 2.80. The molecule has 12 heavy (non-hydrogen) atoms. The highest BCUT2D eigenvalue weighted by Crippen LogP contribution is 2.43. The Morgan fingerprint density at radius 1 is 1.42 bits per heavy atom. The van der Waals surface area contributed by atoms with Crippen LogP contribution in [0.1, 0.15) is 46.5 Å². The van der Waals surface area contributed by atoms with Crippen molar-refractivity contribution in [3.05, 3.63) is 12.2 Å². The normalized spacial score (nSPS) is 30.9. The quantitative estimate of drug-likeness (QED) is 0.541. The number of allylic oxidation sites excluding steroid dienone is 2. The second-order valence-electron chi connectivity index (χ2n) is 4.22. The molecule has 0 heterocycles. The van der Waals surface area contributed by atoms with E-state index in [9.17, 15) is 0 Å². The second-order valence-corrected chi connectivity index (χ2v) is 4.22. The summed E-state index contributed by atoms with van der Waals surface area (Å²) in [7, 11) is 0. The first kappa shape index (κ1) is 9.83. The number of hydrogen-bond donors (Lipinski definition) is 0. The molecule has 0 spiro atoms. The molecule has 1 rings (SSSR count). The molecule has 0 N–H and O–H groups in total. The van der Waals surface area contributed by atoms with E-state index in [4.69, 9.17) is 0 Å². The maximum atomic E-state index is 2.45. The third-order valence-corrected chi connectivity index (χ3v) is 2.97. The average molecular weight is 166 g/mol. The molecule has 0 nitrogen and oxygen atoms in total. The lowest BCUT2D eigenvalue weighted by atomic mass is 10.1. The lowest BCUT2D eigenvalue weighted by molar-refractivity contribution is 0.667. The van der Waals surface area contributed by atoms with Crippen LogP contribution in [0, 0.1) is 17.8 Å². The van der Waals surface area contributed by atoms with Crippen molar-refractivity contribution in [2.45, 2.75) is 46.5 Å². The lowest BCUT2D eigenvalue weighted by Crippen LogP contribution is -1.85. The van der Waals surface area contributed by atoms with E-state index in [2.05, 4.69) is 32.9 Å². The summed E-state index contributed by atoms with van der Waals surface area (Å²) in [6.45, 7) is 6.84. The third-order valence-electron chi connectivity index (χ3n) is 2.97. The Morgan fingerprint density at radius 3 is 2.75 bits per heavy atom. The summed E-state index contributed by atoms with van der Waals surface area (Å²) in [6.07, 6.45) is 10.4. The van der Waals surface area contributed by atoms with Crippen molar-refractivity contribution < 1.29 is 0 Å². The largest absolute Gasteiger partial charge is 0.0854 e. The Kier molecular flexibility index (Phi) is 3.84. The van der Waals surface area contributed by atoms with Gasteiger partial charge in [-0.2, -0.15) is 0 Å². The molecule has 0 radical (unpaired) electrons. The molecule has 0 amide bonds. The first-order chi connectivity index (χ1) is 5.77. The van der Waals surface area contributed by atoms with Crippen LogP contribution in [0.3, 0.4) is 0 Å². The fourth-order valence-corrected chi connectivity index (χ4v) is 1.68. The van der Waals surface area contributed by atoms with Gasteiger partial charge in [0.1, 0.15) is 0 Å². The first-order valence-electron chi connectivity index (χ1n) is 5.46. The summed E-state index contributed by atoms with van der Waals surface area (Å²) in [4.78, 5) is 0. The highest BCUT2D eigenvalue weighted by molar-refractivity contribution is 5.02. The highest BCUT2D eigenvalue weighted by Gasteiger charge is 2.33. The van der Waals surface area contributed by atoms with Gasteiger partial charge in [0.2, 0.25) is 0 Å². The van der Waals surface area contributed by atoms with Crippen molar-refractivity contribution >= 4 is 0 Å². The molecular formula is C12H22. The number of hydrogen-bond acceptors (Lipinski definition) is 0. The zero-order valence-corrected chi connectivity index (χ0v) is 8.72. The summed E-state index contributed by atoms with van der Waals surface area (Å²) in [6, 6.07) is 0. The van der Waals surface area contributed by atoms with Crippen LogP contribution in [0.15, 0.2) is 12.2 Å². The van der Waals surface area contributed by atoms with E-state index in [0.717, 1.165) is 17.8 Å².